The van der Waals surface area contributed by atoms with Gasteiger partial charge in [-0.25, -0.2) is 4.90 Å². The molecule has 0 aliphatic carbocycles. The van der Waals surface area contributed by atoms with Crippen LogP contribution in [0.15, 0.2) is 54.0 Å². The lowest BCUT2D eigenvalue weighted by molar-refractivity contribution is 0.205. The maximum atomic E-state index is 9.83. The van der Waals surface area contributed by atoms with Crippen LogP contribution in [0.2, 0.25) is 0 Å². The first-order chi connectivity index (χ1) is 13.2. The van der Waals surface area contributed by atoms with Crippen molar-refractivity contribution in [3.63, 3.8) is 0 Å². The first kappa shape index (κ1) is 17.1. The first-order valence-electron chi connectivity index (χ1n) is 8.25. The minimum Gasteiger partial charge on any atom is -0.498 e. The molecular weight excluding hydrogens is 362 g/mol. The summed E-state index contributed by atoms with van der Waals surface area (Å²) < 4.78 is 12.6. The number of thiophene rings is 1. The molecule has 4 heterocycles. The van der Waals surface area contributed by atoms with Crippen LogP contribution in [0, 0.1) is 11.5 Å². The molecule has 1 N–H and O–H groups in total. The highest BCUT2D eigenvalue weighted by Crippen LogP contribution is 2.47. The minimum atomic E-state index is -0.251. The van der Waals surface area contributed by atoms with Gasteiger partial charge in [0.05, 0.1) is 36.3 Å². The van der Waals surface area contributed by atoms with Crippen LogP contribution in [0.5, 0.6) is 0 Å². The molecule has 27 heavy (non-hydrogen) atoms. The number of nitriles is 1. The van der Waals surface area contributed by atoms with Crippen LogP contribution in [-0.4, -0.2) is 34.3 Å². The first-order valence-corrected chi connectivity index (χ1v) is 9.07. The van der Waals surface area contributed by atoms with Crippen LogP contribution < -0.4 is 0 Å². The van der Waals surface area contributed by atoms with Crippen LogP contribution in [-0.2, 0) is 9.47 Å². The van der Waals surface area contributed by atoms with Gasteiger partial charge in [-0.15, -0.1) is 11.3 Å². The fourth-order valence-corrected chi connectivity index (χ4v) is 4.49. The van der Waals surface area contributed by atoms with Gasteiger partial charge in [0, 0.05) is 22.8 Å². The molecule has 0 amide bonds. The van der Waals surface area contributed by atoms with Crippen molar-refractivity contribution in [3.8, 4) is 6.19 Å². The maximum Gasteiger partial charge on any atom is 0.189 e. The van der Waals surface area contributed by atoms with E-state index in [4.69, 9.17) is 9.47 Å². The second-order valence-electron chi connectivity index (χ2n) is 5.97. The molecule has 0 saturated carbocycles. The van der Waals surface area contributed by atoms with Crippen LogP contribution in [0.3, 0.4) is 0 Å². The Bertz CT molecular complexity index is 1060. The van der Waals surface area contributed by atoms with Gasteiger partial charge < -0.3 is 9.47 Å². The third-order valence-electron chi connectivity index (χ3n) is 4.60. The maximum absolute atomic E-state index is 9.83. The number of allylic oxidation sites excluding steroid dienone is 1. The molecule has 1 unspecified atom stereocenters. The van der Waals surface area contributed by atoms with Crippen LogP contribution >= 0.6 is 11.3 Å². The summed E-state index contributed by atoms with van der Waals surface area (Å²) in [5, 5.41) is 16.9. The van der Waals surface area contributed by atoms with Gasteiger partial charge in [-0.3, -0.25) is 10.1 Å². The Kier molecular flexibility index (Phi) is 4.30. The van der Waals surface area contributed by atoms with Crippen molar-refractivity contribution < 1.29 is 9.47 Å². The topological polar surface area (TPSA) is 87.1 Å². The molecule has 4 rings (SSSR count). The van der Waals surface area contributed by atoms with Crippen LogP contribution in [0.4, 0.5) is 0 Å². The summed E-state index contributed by atoms with van der Waals surface area (Å²) in [7, 11) is 3.24. The number of rotatable bonds is 4. The Labute approximate surface area is 160 Å². The molecule has 0 bridgehead atoms. The van der Waals surface area contributed by atoms with Crippen LogP contribution in [0.25, 0.3) is 15.9 Å². The second kappa shape index (κ2) is 6.78. The molecular formula is C19H17N5O2S. The van der Waals surface area contributed by atoms with Gasteiger partial charge in [-0.2, -0.15) is 10.4 Å². The van der Waals surface area contributed by atoms with E-state index < -0.39 is 0 Å². The van der Waals surface area contributed by atoms with E-state index in [1.165, 1.54) is 0 Å². The summed E-state index contributed by atoms with van der Waals surface area (Å²) in [5.41, 5.74) is 3.24. The fraction of sp³-hybridized carbons (Fsp3) is 0.211. The predicted molar refractivity (Wildman–Crippen MR) is 102 cm³/mol. The lowest BCUT2D eigenvalue weighted by Crippen LogP contribution is -2.27. The average Bonchev–Trinajstić information content (AvgIpc) is 3.29. The Morgan fingerprint density at radius 2 is 1.96 bits per heavy atom. The number of aromatic amines is 1. The van der Waals surface area contributed by atoms with E-state index >= 15 is 0 Å². The molecule has 0 aromatic carbocycles. The summed E-state index contributed by atoms with van der Waals surface area (Å²) in [6.45, 7) is 1.88. The third kappa shape index (κ3) is 2.64. The second-order valence-corrected chi connectivity index (χ2v) is 7.09. The molecule has 1 aliphatic rings. The smallest absolute Gasteiger partial charge is 0.189 e. The van der Waals surface area contributed by atoms with E-state index in [1.54, 1.807) is 49.0 Å². The third-order valence-corrected chi connectivity index (χ3v) is 5.73. The van der Waals surface area contributed by atoms with E-state index in [0.717, 1.165) is 26.4 Å². The highest BCUT2D eigenvalue weighted by molar-refractivity contribution is 7.19. The number of fused-ring (bicyclic) bond motifs is 1. The summed E-state index contributed by atoms with van der Waals surface area (Å²) in [4.78, 5) is 6.68. The lowest BCUT2D eigenvalue weighted by atomic mass is 9.93. The van der Waals surface area contributed by atoms with Crippen molar-refractivity contribution in [1.82, 2.24) is 20.1 Å². The largest absolute Gasteiger partial charge is 0.498 e. The quantitative estimate of drug-likeness (QED) is 0.694. The van der Waals surface area contributed by atoms with Crippen molar-refractivity contribution in [2.24, 2.45) is 0 Å². The van der Waals surface area contributed by atoms with E-state index in [-0.39, 0.29) is 5.92 Å². The monoisotopic (exact) mass is 379 g/mol. The number of pyridine rings is 1. The molecule has 0 saturated heterocycles. The number of ether oxygens (including phenoxy) is 2. The Balaban J connectivity index is 1.98. The molecule has 7 nitrogen and oxygen atoms in total. The lowest BCUT2D eigenvalue weighted by Gasteiger charge is -2.34. The summed E-state index contributed by atoms with van der Waals surface area (Å²) in [6.07, 6.45) is 7.45. The van der Waals surface area contributed by atoms with E-state index in [1.807, 2.05) is 19.1 Å². The van der Waals surface area contributed by atoms with Gasteiger partial charge >= 0.3 is 0 Å². The summed E-state index contributed by atoms with van der Waals surface area (Å²) >= 11 is 1.62. The zero-order chi connectivity index (χ0) is 19.0. The molecule has 1 atom stereocenters. The van der Waals surface area contributed by atoms with Crippen molar-refractivity contribution >= 4 is 27.3 Å². The fourth-order valence-electron chi connectivity index (χ4n) is 3.41. The molecule has 136 valence electrons. The SMILES string of the molecule is COC1=C(C)N(C#N)C(c2ccncc2)=C(OC)C1c1cc2[nH]ncc2s1. The molecule has 3 aromatic heterocycles. The number of H-pyrrole nitrogens is 1. The van der Waals surface area contributed by atoms with E-state index in [9.17, 15) is 5.26 Å². The van der Waals surface area contributed by atoms with Gasteiger partial charge in [0.15, 0.2) is 6.19 Å². The molecule has 0 radical (unpaired) electrons. The molecule has 1 aliphatic heterocycles. The highest BCUT2D eigenvalue weighted by Gasteiger charge is 2.38. The van der Waals surface area contributed by atoms with Crippen LogP contribution in [0.1, 0.15) is 23.3 Å². The molecule has 0 fully saturated rings. The predicted octanol–water partition coefficient (Wildman–Crippen LogP) is 3.79. The number of hydrogen-bond donors (Lipinski definition) is 1. The van der Waals surface area contributed by atoms with Gasteiger partial charge in [0.1, 0.15) is 23.1 Å². The summed E-state index contributed by atoms with van der Waals surface area (Å²) in [6, 6.07) is 5.78. The number of methoxy groups -OCH3 is 2. The molecule has 3 aromatic rings. The standard InChI is InChI=1S/C19H17N5O2S/c1-11-18(25-2)16(14-8-13-15(27-14)9-22-23-13)19(26-3)17(24(11)10-20)12-4-6-21-7-5-12/h4-9,16H,1-3H3,(H,22,23). The normalized spacial score (nSPS) is 17.4. The Morgan fingerprint density at radius 1 is 1.22 bits per heavy atom. The van der Waals surface area contributed by atoms with E-state index in [0.29, 0.717) is 17.2 Å². The highest BCUT2D eigenvalue weighted by atomic mass is 32.1. The van der Waals surface area contributed by atoms with Gasteiger partial charge in [0.2, 0.25) is 0 Å². The van der Waals surface area contributed by atoms with Crippen molar-refractivity contribution in [1.29, 1.82) is 5.26 Å². The number of nitrogens with one attached hydrogen (secondary N) is 1. The van der Waals surface area contributed by atoms with Gasteiger partial charge in [-0.05, 0) is 25.1 Å². The van der Waals surface area contributed by atoms with Gasteiger partial charge in [-0.1, -0.05) is 0 Å². The van der Waals surface area contributed by atoms with Crippen molar-refractivity contribution in [2.75, 3.05) is 14.2 Å². The molecule has 0 spiro atoms. The van der Waals surface area contributed by atoms with Crippen molar-refractivity contribution in [2.45, 2.75) is 12.8 Å². The Hall–Kier alpha value is -3.31. The zero-order valence-electron chi connectivity index (χ0n) is 15.1. The minimum absolute atomic E-state index is 0.251. The summed E-state index contributed by atoms with van der Waals surface area (Å²) in [5.74, 6) is 1.09. The van der Waals surface area contributed by atoms with E-state index in [2.05, 4.69) is 27.4 Å². The Morgan fingerprint density at radius 3 is 2.59 bits per heavy atom. The average molecular weight is 379 g/mol. The van der Waals surface area contributed by atoms with Crippen molar-refractivity contribution in [3.05, 3.63) is 64.4 Å². The molecule has 8 heteroatoms. The van der Waals surface area contributed by atoms with Gasteiger partial charge in [0.25, 0.3) is 0 Å². The number of nitrogens with zero attached hydrogens (tertiary/aromatic N) is 4. The number of hydrogen-bond acceptors (Lipinski definition) is 7. The number of aromatic nitrogens is 3. The zero-order valence-corrected chi connectivity index (χ0v) is 15.9.